The normalized spacial score (nSPS) is 18.7. The highest BCUT2D eigenvalue weighted by Crippen LogP contribution is 2.29. The van der Waals surface area contributed by atoms with Gasteiger partial charge in [0.05, 0.1) is 18.8 Å². The topological polar surface area (TPSA) is 54.5 Å². The fraction of sp³-hybridized carbons (Fsp3) is 0.600. The highest BCUT2D eigenvalue weighted by atomic mass is 19.4. The lowest BCUT2D eigenvalue weighted by Gasteiger charge is -2.42. The van der Waals surface area contributed by atoms with Gasteiger partial charge >= 0.3 is 6.18 Å². The van der Waals surface area contributed by atoms with E-state index in [4.69, 9.17) is 4.74 Å². The summed E-state index contributed by atoms with van der Waals surface area (Å²) in [5.41, 5.74) is -1.78. The third kappa shape index (κ3) is 4.42. The third-order valence-electron chi connectivity index (χ3n) is 3.81. The van der Waals surface area contributed by atoms with E-state index >= 15 is 0 Å². The van der Waals surface area contributed by atoms with Gasteiger partial charge in [-0.2, -0.15) is 13.2 Å². The molecular formula is C15H20F3N3O2. The molecule has 1 fully saturated rings. The van der Waals surface area contributed by atoms with E-state index in [1.165, 1.54) is 6.07 Å². The van der Waals surface area contributed by atoms with Crippen molar-refractivity contribution in [3.05, 3.63) is 29.6 Å². The Hall–Kier alpha value is -1.67. The van der Waals surface area contributed by atoms with E-state index in [2.05, 4.69) is 15.2 Å². The van der Waals surface area contributed by atoms with Crippen molar-refractivity contribution in [1.82, 2.24) is 15.2 Å². The summed E-state index contributed by atoms with van der Waals surface area (Å²) < 4.78 is 44.0. The second-order valence-corrected chi connectivity index (χ2v) is 6.01. The first kappa shape index (κ1) is 17.7. The maximum atomic E-state index is 12.9. The van der Waals surface area contributed by atoms with Crippen LogP contribution in [0.3, 0.4) is 0 Å². The van der Waals surface area contributed by atoms with Crippen LogP contribution in [0.15, 0.2) is 18.3 Å². The highest BCUT2D eigenvalue weighted by molar-refractivity contribution is 5.95. The molecule has 23 heavy (non-hydrogen) atoms. The van der Waals surface area contributed by atoms with E-state index in [0.29, 0.717) is 19.8 Å². The monoisotopic (exact) mass is 331 g/mol. The Morgan fingerprint density at radius 2 is 2.22 bits per heavy atom. The van der Waals surface area contributed by atoms with E-state index < -0.39 is 23.3 Å². The number of amides is 1. The minimum absolute atomic E-state index is 0.158. The van der Waals surface area contributed by atoms with Crippen molar-refractivity contribution >= 4 is 5.91 Å². The lowest BCUT2D eigenvalue weighted by Crippen LogP contribution is -2.54. The van der Waals surface area contributed by atoms with E-state index in [-0.39, 0.29) is 12.1 Å². The number of nitrogens with zero attached hydrogens (tertiary/aromatic N) is 2. The molecular weight excluding hydrogens is 311 g/mol. The number of hydrogen-bond donors (Lipinski definition) is 1. The zero-order chi connectivity index (χ0) is 17.1. The Morgan fingerprint density at radius 1 is 1.48 bits per heavy atom. The molecule has 0 saturated carbocycles. The number of aromatic nitrogens is 1. The van der Waals surface area contributed by atoms with Gasteiger partial charge in [0.15, 0.2) is 5.69 Å². The van der Waals surface area contributed by atoms with Gasteiger partial charge in [-0.3, -0.25) is 14.7 Å². The number of nitrogens with one attached hydrogen (secondary N) is 1. The molecule has 8 heteroatoms. The molecule has 0 aromatic carbocycles. The number of hydrogen-bond acceptors (Lipinski definition) is 4. The van der Waals surface area contributed by atoms with Gasteiger partial charge in [0.1, 0.15) is 0 Å². The number of pyridine rings is 1. The molecule has 128 valence electrons. The van der Waals surface area contributed by atoms with Crippen molar-refractivity contribution in [3.8, 4) is 0 Å². The predicted molar refractivity (Wildman–Crippen MR) is 78.0 cm³/mol. The van der Waals surface area contributed by atoms with Gasteiger partial charge in [-0.1, -0.05) is 0 Å². The summed E-state index contributed by atoms with van der Waals surface area (Å²) in [5.74, 6) is -0.767. The maximum Gasteiger partial charge on any atom is 0.434 e. The number of ether oxygens (including phenoxy) is 1. The largest absolute Gasteiger partial charge is 0.434 e. The summed E-state index contributed by atoms with van der Waals surface area (Å²) in [6.07, 6.45) is -3.63. The Bertz CT molecular complexity index is 561. The highest BCUT2D eigenvalue weighted by Gasteiger charge is 2.37. The molecule has 1 aliphatic heterocycles. The Labute approximate surface area is 132 Å². The first-order chi connectivity index (χ1) is 10.7. The number of alkyl halides is 3. The average Bonchev–Trinajstić information content (AvgIpc) is 2.48. The van der Waals surface area contributed by atoms with E-state index in [9.17, 15) is 18.0 Å². The van der Waals surface area contributed by atoms with Crippen molar-refractivity contribution in [2.75, 3.05) is 32.8 Å². The van der Waals surface area contributed by atoms with Crippen molar-refractivity contribution in [2.45, 2.75) is 25.6 Å². The molecule has 5 nitrogen and oxygen atoms in total. The van der Waals surface area contributed by atoms with Gasteiger partial charge in [0.2, 0.25) is 0 Å². The van der Waals surface area contributed by atoms with Crippen LogP contribution in [0, 0.1) is 0 Å². The van der Waals surface area contributed by atoms with Gasteiger partial charge in [0, 0.05) is 31.4 Å². The van der Waals surface area contributed by atoms with Crippen LogP contribution in [-0.4, -0.2) is 54.2 Å². The van der Waals surface area contributed by atoms with Crippen molar-refractivity contribution in [3.63, 3.8) is 0 Å². The van der Waals surface area contributed by atoms with Crippen LogP contribution in [0.4, 0.5) is 13.2 Å². The Kier molecular flexibility index (Phi) is 5.26. The first-order valence-corrected chi connectivity index (χ1v) is 7.35. The van der Waals surface area contributed by atoms with Crippen LogP contribution in [0.1, 0.15) is 29.9 Å². The Morgan fingerprint density at radius 3 is 2.87 bits per heavy atom. The third-order valence-corrected chi connectivity index (χ3v) is 3.81. The Balaban J connectivity index is 1.96. The van der Waals surface area contributed by atoms with Crippen LogP contribution >= 0.6 is 0 Å². The molecule has 0 unspecified atom stereocenters. The van der Waals surface area contributed by atoms with Crippen LogP contribution in [0.5, 0.6) is 0 Å². The second kappa shape index (κ2) is 6.84. The van der Waals surface area contributed by atoms with Crippen molar-refractivity contribution < 1.29 is 22.7 Å². The predicted octanol–water partition coefficient (Wildman–Crippen LogP) is 1.94. The van der Waals surface area contributed by atoms with Gasteiger partial charge in [0.25, 0.3) is 5.91 Å². The van der Waals surface area contributed by atoms with E-state index in [0.717, 1.165) is 18.8 Å². The number of halogens is 3. The second-order valence-electron chi connectivity index (χ2n) is 6.01. The molecule has 2 rings (SSSR count). The minimum Gasteiger partial charge on any atom is -0.378 e. The quantitative estimate of drug-likeness (QED) is 0.916. The zero-order valence-electron chi connectivity index (χ0n) is 13.1. The molecule has 0 aliphatic carbocycles. The molecule has 1 aromatic heterocycles. The minimum atomic E-state index is -4.65. The standard InChI is InChI=1S/C15H20F3N3O2/c1-14(2)10-23-9-8-21(14)7-6-20-13(22)11-4-3-5-19-12(11)15(16,17)18/h3-5H,6-10H2,1-2H3,(H,20,22). The maximum absolute atomic E-state index is 12.9. The number of morpholine rings is 1. The van der Waals surface area contributed by atoms with Crippen LogP contribution < -0.4 is 5.32 Å². The molecule has 1 aromatic rings. The molecule has 0 spiro atoms. The summed E-state index contributed by atoms with van der Waals surface area (Å²) >= 11 is 0. The molecule has 1 saturated heterocycles. The summed E-state index contributed by atoms with van der Waals surface area (Å²) in [4.78, 5) is 17.4. The zero-order valence-corrected chi connectivity index (χ0v) is 13.1. The smallest absolute Gasteiger partial charge is 0.378 e. The van der Waals surface area contributed by atoms with Crippen LogP contribution in [0.2, 0.25) is 0 Å². The SMILES string of the molecule is CC1(C)COCCN1CCNC(=O)c1cccnc1C(F)(F)F. The molecule has 1 aliphatic rings. The lowest BCUT2D eigenvalue weighted by atomic mass is 10.0. The summed E-state index contributed by atoms with van der Waals surface area (Å²) in [6.45, 7) is 6.77. The summed E-state index contributed by atoms with van der Waals surface area (Å²) in [5, 5.41) is 2.54. The number of rotatable bonds is 4. The number of carbonyl (C=O) groups excluding carboxylic acids is 1. The van der Waals surface area contributed by atoms with Gasteiger partial charge < -0.3 is 10.1 Å². The van der Waals surface area contributed by atoms with Crippen LogP contribution in [-0.2, 0) is 10.9 Å². The fourth-order valence-electron chi connectivity index (χ4n) is 2.52. The molecule has 0 atom stereocenters. The first-order valence-electron chi connectivity index (χ1n) is 7.35. The number of carbonyl (C=O) groups is 1. The molecule has 0 radical (unpaired) electrons. The molecule has 0 bridgehead atoms. The van der Waals surface area contributed by atoms with Crippen LogP contribution in [0.25, 0.3) is 0 Å². The van der Waals surface area contributed by atoms with Crippen molar-refractivity contribution in [2.24, 2.45) is 0 Å². The average molecular weight is 331 g/mol. The van der Waals surface area contributed by atoms with Gasteiger partial charge in [-0.05, 0) is 26.0 Å². The molecule has 1 N–H and O–H groups in total. The van der Waals surface area contributed by atoms with E-state index in [1.54, 1.807) is 0 Å². The van der Waals surface area contributed by atoms with Gasteiger partial charge in [-0.25, -0.2) is 0 Å². The summed E-state index contributed by atoms with van der Waals surface area (Å²) in [7, 11) is 0. The lowest BCUT2D eigenvalue weighted by molar-refractivity contribution is -0.141. The van der Waals surface area contributed by atoms with Crippen molar-refractivity contribution in [1.29, 1.82) is 0 Å². The summed E-state index contributed by atoms with van der Waals surface area (Å²) in [6, 6.07) is 2.44. The van der Waals surface area contributed by atoms with E-state index in [1.807, 2.05) is 13.8 Å². The molecule has 2 heterocycles. The van der Waals surface area contributed by atoms with Gasteiger partial charge in [-0.15, -0.1) is 0 Å². The molecule has 1 amide bonds. The fourth-order valence-corrected chi connectivity index (χ4v) is 2.52.